The largest absolute Gasteiger partial charge is 0.497 e. The fraction of sp³-hybridized carbons (Fsp3) is 0.481. The zero-order chi connectivity index (χ0) is 24.6. The topological polar surface area (TPSA) is 67.9 Å². The highest BCUT2D eigenvalue weighted by Gasteiger charge is 2.27. The maximum Gasteiger partial charge on any atom is 0.261 e. The zero-order valence-corrected chi connectivity index (χ0v) is 21.0. The number of nitrogens with zero attached hydrogens (tertiary/aromatic N) is 1. The molecule has 0 bridgehead atoms. The van der Waals surface area contributed by atoms with Gasteiger partial charge in [-0.1, -0.05) is 52.0 Å². The second-order valence-electron chi connectivity index (χ2n) is 9.43. The fourth-order valence-electron chi connectivity index (χ4n) is 3.29. The number of methoxy groups -OCH3 is 1. The number of carbonyl (C=O) groups excluding carboxylic acids is 2. The Balaban J connectivity index is 2.16. The van der Waals surface area contributed by atoms with Gasteiger partial charge >= 0.3 is 0 Å². The summed E-state index contributed by atoms with van der Waals surface area (Å²) in [6.07, 6.45) is 0.815. The fourth-order valence-corrected chi connectivity index (χ4v) is 3.29. The molecule has 0 aliphatic rings. The molecule has 0 aliphatic heterocycles. The number of rotatable bonds is 10. The molecule has 0 saturated carbocycles. The van der Waals surface area contributed by atoms with Gasteiger partial charge < -0.3 is 19.7 Å². The van der Waals surface area contributed by atoms with E-state index in [1.807, 2.05) is 62.4 Å². The number of benzene rings is 2. The Kier molecular flexibility index (Phi) is 9.32. The SMILES string of the molecule is CC[C@@H](C)NC(=O)[C@@H](C)N(Cc1cccc(OC)c1)C(=O)COc1ccc(C(C)(C)C)cc1. The van der Waals surface area contributed by atoms with E-state index in [4.69, 9.17) is 9.47 Å². The Morgan fingerprint density at radius 2 is 1.70 bits per heavy atom. The quantitative estimate of drug-likeness (QED) is 0.565. The van der Waals surface area contributed by atoms with Crippen LogP contribution in [-0.2, 0) is 21.5 Å². The first-order chi connectivity index (χ1) is 15.5. The molecule has 2 rings (SSSR count). The summed E-state index contributed by atoms with van der Waals surface area (Å²) in [7, 11) is 1.60. The average molecular weight is 455 g/mol. The van der Waals surface area contributed by atoms with Crippen LogP contribution in [0.25, 0.3) is 0 Å². The molecule has 2 aromatic carbocycles. The van der Waals surface area contributed by atoms with E-state index in [-0.39, 0.29) is 36.4 Å². The Morgan fingerprint density at radius 3 is 2.27 bits per heavy atom. The number of nitrogens with one attached hydrogen (secondary N) is 1. The summed E-state index contributed by atoms with van der Waals surface area (Å²) in [5, 5.41) is 2.97. The van der Waals surface area contributed by atoms with E-state index in [0.29, 0.717) is 11.5 Å². The minimum atomic E-state index is -0.649. The molecular weight excluding hydrogens is 416 g/mol. The van der Waals surface area contributed by atoms with Crippen LogP contribution in [0.4, 0.5) is 0 Å². The van der Waals surface area contributed by atoms with E-state index in [1.165, 1.54) is 5.56 Å². The molecule has 2 amide bonds. The van der Waals surface area contributed by atoms with Crippen LogP contribution in [0.5, 0.6) is 11.5 Å². The van der Waals surface area contributed by atoms with Crippen LogP contribution in [0.3, 0.4) is 0 Å². The van der Waals surface area contributed by atoms with E-state index >= 15 is 0 Å². The third-order valence-electron chi connectivity index (χ3n) is 5.74. The normalized spacial score (nSPS) is 13.1. The summed E-state index contributed by atoms with van der Waals surface area (Å²) in [6, 6.07) is 14.6. The molecule has 0 radical (unpaired) electrons. The van der Waals surface area contributed by atoms with E-state index in [1.54, 1.807) is 18.9 Å². The van der Waals surface area contributed by atoms with E-state index in [2.05, 4.69) is 26.1 Å². The molecule has 0 unspecified atom stereocenters. The van der Waals surface area contributed by atoms with Gasteiger partial charge in [-0.2, -0.15) is 0 Å². The van der Waals surface area contributed by atoms with Crippen LogP contribution in [0, 0.1) is 0 Å². The van der Waals surface area contributed by atoms with Crippen molar-refractivity contribution in [2.45, 2.75) is 72.0 Å². The van der Waals surface area contributed by atoms with Crippen LogP contribution < -0.4 is 14.8 Å². The lowest BCUT2D eigenvalue weighted by atomic mass is 9.87. The van der Waals surface area contributed by atoms with Crippen molar-refractivity contribution in [3.63, 3.8) is 0 Å². The molecule has 0 saturated heterocycles. The van der Waals surface area contributed by atoms with Crippen molar-refractivity contribution in [3.8, 4) is 11.5 Å². The summed E-state index contributed by atoms with van der Waals surface area (Å²) in [5.74, 6) is 0.876. The van der Waals surface area contributed by atoms with Crippen LogP contribution in [0.2, 0.25) is 0 Å². The number of ether oxygens (including phenoxy) is 2. The van der Waals surface area contributed by atoms with Gasteiger partial charge in [-0.3, -0.25) is 9.59 Å². The first-order valence-electron chi connectivity index (χ1n) is 11.5. The minimum Gasteiger partial charge on any atom is -0.497 e. The van der Waals surface area contributed by atoms with Crippen molar-refractivity contribution in [1.29, 1.82) is 0 Å². The lowest BCUT2D eigenvalue weighted by molar-refractivity contribution is -0.142. The summed E-state index contributed by atoms with van der Waals surface area (Å²) >= 11 is 0. The molecule has 0 heterocycles. The minimum absolute atomic E-state index is 0.0336. The first kappa shape index (κ1) is 26.2. The van der Waals surface area contributed by atoms with Crippen LogP contribution in [0.15, 0.2) is 48.5 Å². The summed E-state index contributed by atoms with van der Waals surface area (Å²) in [4.78, 5) is 27.6. The average Bonchev–Trinajstić information content (AvgIpc) is 2.80. The van der Waals surface area contributed by atoms with E-state index in [0.717, 1.165) is 12.0 Å². The van der Waals surface area contributed by atoms with Gasteiger partial charge in [-0.15, -0.1) is 0 Å². The lowest BCUT2D eigenvalue weighted by Crippen LogP contribution is -2.50. The highest BCUT2D eigenvalue weighted by Crippen LogP contribution is 2.24. The number of carbonyl (C=O) groups is 2. The van der Waals surface area contributed by atoms with Gasteiger partial charge in [0.15, 0.2) is 6.61 Å². The van der Waals surface area contributed by atoms with Gasteiger partial charge in [-0.25, -0.2) is 0 Å². The lowest BCUT2D eigenvalue weighted by Gasteiger charge is -2.29. The Labute approximate surface area is 198 Å². The van der Waals surface area contributed by atoms with Crippen LogP contribution in [0.1, 0.15) is 59.1 Å². The molecule has 180 valence electrons. The summed E-state index contributed by atoms with van der Waals surface area (Å²) in [5.41, 5.74) is 2.11. The van der Waals surface area contributed by atoms with Crippen molar-refractivity contribution < 1.29 is 19.1 Å². The van der Waals surface area contributed by atoms with Gasteiger partial charge in [-0.05, 0) is 61.1 Å². The van der Waals surface area contributed by atoms with Gasteiger partial charge in [0.2, 0.25) is 5.91 Å². The van der Waals surface area contributed by atoms with Crippen molar-refractivity contribution in [3.05, 3.63) is 59.7 Å². The number of amides is 2. The highest BCUT2D eigenvalue weighted by molar-refractivity contribution is 5.88. The van der Waals surface area contributed by atoms with Gasteiger partial charge in [0.1, 0.15) is 17.5 Å². The molecule has 1 N–H and O–H groups in total. The van der Waals surface area contributed by atoms with Crippen LogP contribution >= 0.6 is 0 Å². The number of hydrogen-bond donors (Lipinski definition) is 1. The van der Waals surface area contributed by atoms with Gasteiger partial charge in [0.05, 0.1) is 7.11 Å². The third kappa shape index (κ3) is 7.81. The molecule has 2 atom stereocenters. The molecule has 0 aliphatic carbocycles. The highest BCUT2D eigenvalue weighted by atomic mass is 16.5. The van der Waals surface area contributed by atoms with Crippen molar-refractivity contribution in [2.24, 2.45) is 0 Å². The molecule has 0 aromatic heterocycles. The smallest absolute Gasteiger partial charge is 0.261 e. The second kappa shape index (κ2) is 11.7. The predicted molar refractivity (Wildman–Crippen MR) is 132 cm³/mol. The molecule has 33 heavy (non-hydrogen) atoms. The number of hydrogen-bond acceptors (Lipinski definition) is 4. The second-order valence-corrected chi connectivity index (χ2v) is 9.43. The molecule has 6 nitrogen and oxygen atoms in total. The maximum absolute atomic E-state index is 13.2. The Bertz CT molecular complexity index is 918. The monoisotopic (exact) mass is 454 g/mol. The zero-order valence-electron chi connectivity index (χ0n) is 21.0. The van der Waals surface area contributed by atoms with Crippen molar-refractivity contribution in [1.82, 2.24) is 10.2 Å². The maximum atomic E-state index is 13.2. The van der Waals surface area contributed by atoms with E-state index in [9.17, 15) is 9.59 Å². The molecule has 6 heteroatoms. The Hall–Kier alpha value is -3.02. The molecule has 0 fully saturated rings. The summed E-state index contributed by atoms with van der Waals surface area (Å²) in [6.45, 7) is 12.3. The van der Waals surface area contributed by atoms with Crippen LogP contribution in [-0.4, -0.2) is 42.5 Å². The third-order valence-corrected chi connectivity index (χ3v) is 5.74. The van der Waals surface area contributed by atoms with Crippen molar-refractivity contribution >= 4 is 11.8 Å². The van der Waals surface area contributed by atoms with Gasteiger partial charge in [0, 0.05) is 12.6 Å². The molecular formula is C27H38N2O4. The predicted octanol–water partition coefficient (Wildman–Crippen LogP) is 4.70. The van der Waals surface area contributed by atoms with E-state index < -0.39 is 6.04 Å². The molecule has 2 aromatic rings. The summed E-state index contributed by atoms with van der Waals surface area (Å²) < 4.78 is 11.1. The molecule has 0 spiro atoms. The van der Waals surface area contributed by atoms with Gasteiger partial charge in [0.25, 0.3) is 5.91 Å². The standard InChI is InChI=1S/C27H38N2O4/c1-8-19(2)28-26(31)20(3)29(17-21-10-9-11-24(16-21)32-7)25(30)18-33-23-14-12-22(13-15-23)27(4,5)6/h9-16,19-20H,8,17-18H2,1-7H3,(H,28,31)/t19-,20-/m1/s1. The Morgan fingerprint density at radius 1 is 1.03 bits per heavy atom. The van der Waals surface area contributed by atoms with Crippen molar-refractivity contribution in [2.75, 3.05) is 13.7 Å². The first-order valence-corrected chi connectivity index (χ1v) is 11.5.